The molecule has 2 N–H and O–H groups in total. The first kappa shape index (κ1) is 19.0. The van der Waals surface area contributed by atoms with Gasteiger partial charge >= 0.3 is 5.69 Å². The van der Waals surface area contributed by atoms with Gasteiger partial charge in [0.05, 0.1) is 11.3 Å². The Kier molecular flexibility index (Phi) is 5.36. The number of carbonyl (C=O) groups is 1. The van der Waals surface area contributed by atoms with E-state index in [0.717, 1.165) is 11.3 Å². The molecule has 0 bridgehead atoms. The maximum atomic E-state index is 12.5. The van der Waals surface area contributed by atoms with Gasteiger partial charge in [-0.2, -0.15) is 10.4 Å². The van der Waals surface area contributed by atoms with E-state index in [0.29, 0.717) is 41.2 Å². The van der Waals surface area contributed by atoms with Crippen molar-refractivity contribution in [2.75, 3.05) is 6.54 Å². The van der Waals surface area contributed by atoms with Crippen LogP contribution in [0.1, 0.15) is 33.0 Å². The Morgan fingerprint density at radius 3 is 2.79 bits per heavy atom. The third-order valence-electron chi connectivity index (χ3n) is 4.46. The molecule has 0 atom stereocenters. The van der Waals surface area contributed by atoms with Gasteiger partial charge in [0.15, 0.2) is 0 Å². The number of hydrogen-bond donors (Lipinski definition) is 2. The summed E-state index contributed by atoms with van der Waals surface area (Å²) < 4.78 is 1.40. The first-order chi connectivity index (χ1) is 13.4. The minimum atomic E-state index is -0.289. The summed E-state index contributed by atoms with van der Waals surface area (Å²) in [5.74, 6) is 0.322. The molecule has 0 radical (unpaired) electrons. The summed E-state index contributed by atoms with van der Waals surface area (Å²) in [6.45, 7) is 4.08. The Morgan fingerprint density at radius 1 is 1.32 bits per heavy atom. The number of aromatic amines is 1. The van der Waals surface area contributed by atoms with Crippen molar-refractivity contribution in [3.63, 3.8) is 0 Å². The summed E-state index contributed by atoms with van der Waals surface area (Å²) in [6.07, 6.45) is 0.428. The van der Waals surface area contributed by atoms with Gasteiger partial charge in [-0.25, -0.2) is 9.89 Å². The number of nitrogens with zero attached hydrogens (tertiary/aromatic N) is 4. The fraction of sp³-hybridized carbons (Fsp3) is 0.250. The lowest BCUT2D eigenvalue weighted by molar-refractivity contribution is 0.0954. The fourth-order valence-electron chi connectivity index (χ4n) is 2.99. The zero-order valence-electron chi connectivity index (χ0n) is 15.9. The molecule has 28 heavy (non-hydrogen) atoms. The van der Waals surface area contributed by atoms with Crippen molar-refractivity contribution in [1.82, 2.24) is 25.1 Å². The van der Waals surface area contributed by atoms with Gasteiger partial charge in [-0.05, 0) is 37.6 Å². The van der Waals surface area contributed by atoms with Crippen LogP contribution in [0.5, 0.6) is 0 Å². The first-order valence-electron chi connectivity index (χ1n) is 8.78. The topological polar surface area (TPSA) is 116 Å². The number of benzene rings is 1. The average Bonchev–Trinajstić information content (AvgIpc) is 2.99. The van der Waals surface area contributed by atoms with Gasteiger partial charge in [0, 0.05) is 36.8 Å². The van der Waals surface area contributed by atoms with Crippen LogP contribution in [0.4, 0.5) is 0 Å². The molecule has 0 saturated heterocycles. The largest absolute Gasteiger partial charge is 0.352 e. The lowest BCUT2D eigenvalue weighted by atomic mass is 10.00. The molecule has 0 fully saturated rings. The van der Waals surface area contributed by atoms with E-state index >= 15 is 0 Å². The van der Waals surface area contributed by atoms with Crippen LogP contribution in [0.2, 0.25) is 0 Å². The Morgan fingerprint density at radius 2 is 2.11 bits per heavy atom. The van der Waals surface area contributed by atoms with Crippen LogP contribution in [-0.4, -0.2) is 32.2 Å². The number of nitrogens with one attached hydrogen (secondary N) is 2. The molecule has 1 aromatic carbocycles. The van der Waals surface area contributed by atoms with E-state index in [1.54, 1.807) is 25.2 Å². The van der Waals surface area contributed by atoms with Gasteiger partial charge in [-0.15, -0.1) is 0 Å². The van der Waals surface area contributed by atoms with E-state index in [1.165, 1.54) is 4.57 Å². The van der Waals surface area contributed by atoms with Gasteiger partial charge in [-0.3, -0.25) is 14.3 Å². The van der Waals surface area contributed by atoms with Crippen molar-refractivity contribution in [1.29, 1.82) is 5.26 Å². The van der Waals surface area contributed by atoms with Crippen LogP contribution in [-0.2, 0) is 13.5 Å². The molecule has 0 saturated carbocycles. The zero-order chi connectivity index (χ0) is 20.3. The van der Waals surface area contributed by atoms with Crippen LogP contribution in [0.25, 0.3) is 11.3 Å². The Balaban J connectivity index is 1.78. The molecular weight excluding hydrogens is 356 g/mol. The number of carbonyl (C=O) groups excluding carboxylic acids is 1. The van der Waals surface area contributed by atoms with Gasteiger partial charge in [-0.1, -0.05) is 12.1 Å². The molecule has 2 aromatic heterocycles. The van der Waals surface area contributed by atoms with Crippen LogP contribution in [0.3, 0.4) is 0 Å². The molecule has 2 heterocycles. The van der Waals surface area contributed by atoms with E-state index in [-0.39, 0.29) is 11.6 Å². The highest BCUT2D eigenvalue weighted by Gasteiger charge is 2.13. The van der Waals surface area contributed by atoms with Crippen molar-refractivity contribution in [2.45, 2.75) is 20.3 Å². The van der Waals surface area contributed by atoms with Gasteiger partial charge < -0.3 is 5.32 Å². The predicted molar refractivity (Wildman–Crippen MR) is 104 cm³/mol. The molecule has 142 valence electrons. The second kappa shape index (κ2) is 7.88. The number of H-pyrrole nitrogens is 1. The summed E-state index contributed by atoms with van der Waals surface area (Å²) in [5, 5.41) is 18.6. The summed E-state index contributed by atoms with van der Waals surface area (Å²) >= 11 is 0. The molecule has 0 aliphatic heterocycles. The molecule has 3 rings (SSSR count). The molecule has 0 unspecified atom stereocenters. The number of aryl methyl sites for hydroxylation is 2. The number of pyridine rings is 1. The Hall–Kier alpha value is -3.73. The van der Waals surface area contributed by atoms with Crippen molar-refractivity contribution in [3.8, 4) is 17.3 Å². The standard InChI is InChI=1S/C20H20N6O2/c1-12-9-13(2)23-18(16(12)11-21)14-5-4-6-15(10-14)19(27)22-8-7-17-24-25-20(28)26(17)3/h4-6,9-10H,7-8H2,1-3H3,(H,22,27)(H,25,28). The smallest absolute Gasteiger partial charge is 0.343 e. The van der Waals surface area contributed by atoms with Crippen molar-refractivity contribution >= 4 is 5.91 Å². The van der Waals surface area contributed by atoms with Crippen molar-refractivity contribution in [3.05, 3.63) is 69.0 Å². The molecule has 1 amide bonds. The number of amides is 1. The summed E-state index contributed by atoms with van der Waals surface area (Å²) in [4.78, 5) is 28.4. The summed E-state index contributed by atoms with van der Waals surface area (Å²) in [7, 11) is 1.62. The maximum absolute atomic E-state index is 12.5. The normalized spacial score (nSPS) is 10.5. The average molecular weight is 376 g/mol. The highest BCUT2D eigenvalue weighted by molar-refractivity contribution is 5.95. The second-order valence-electron chi connectivity index (χ2n) is 6.51. The molecule has 8 nitrogen and oxygen atoms in total. The van der Waals surface area contributed by atoms with Gasteiger partial charge in [0.2, 0.25) is 0 Å². The van der Waals surface area contributed by atoms with E-state index < -0.39 is 0 Å². The SMILES string of the molecule is Cc1cc(C)c(C#N)c(-c2cccc(C(=O)NCCc3n[nH]c(=O)n3C)c2)n1. The molecule has 3 aromatic rings. The quantitative estimate of drug-likeness (QED) is 0.702. The van der Waals surface area contributed by atoms with E-state index in [1.807, 2.05) is 26.0 Å². The zero-order valence-corrected chi connectivity index (χ0v) is 15.9. The monoisotopic (exact) mass is 376 g/mol. The third-order valence-corrected chi connectivity index (χ3v) is 4.46. The van der Waals surface area contributed by atoms with E-state index in [4.69, 9.17) is 0 Å². The minimum absolute atomic E-state index is 0.245. The number of rotatable bonds is 5. The number of aromatic nitrogens is 4. The van der Waals surface area contributed by atoms with Crippen LogP contribution in [0, 0.1) is 25.2 Å². The highest BCUT2D eigenvalue weighted by atomic mass is 16.2. The Labute approximate surface area is 161 Å². The predicted octanol–water partition coefficient (Wildman–Crippen LogP) is 1.63. The van der Waals surface area contributed by atoms with Crippen LogP contribution >= 0.6 is 0 Å². The maximum Gasteiger partial charge on any atom is 0.343 e. The second-order valence-corrected chi connectivity index (χ2v) is 6.51. The van der Waals surface area contributed by atoms with Crippen molar-refractivity contribution < 1.29 is 4.79 Å². The summed E-state index contributed by atoms with van der Waals surface area (Å²) in [5.41, 5.74) is 3.63. The lowest BCUT2D eigenvalue weighted by Crippen LogP contribution is -2.27. The highest BCUT2D eigenvalue weighted by Crippen LogP contribution is 2.25. The lowest BCUT2D eigenvalue weighted by Gasteiger charge is -2.10. The van der Waals surface area contributed by atoms with Crippen LogP contribution in [0.15, 0.2) is 35.1 Å². The fourth-order valence-corrected chi connectivity index (χ4v) is 2.99. The summed E-state index contributed by atoms with van der Waals surface area (Å²) in [6, 6.07) is 11.1. The first-order valence-corrected chi connectivity index (χ1v) is 8.78. The molecule has 0 aliphatic carbocycles. The van der Waals surface area contributed by atoms with Gasteiger partial charge in [0.25, 0.3) is 5.91 Å². The molecular formula is C20H20N6O2. The van der Waals surface area contributed by atoms with E-state index in [9.17, 15) is 14.9 Å². The van der Waals surface area contributed by atoms with Crippen molar-refractivity contribution in [2.24, 2.45) is 7.05 Å². The van der Waals surface area contributed by atoms with Crippen LogP contribution < -0.4 is 11.0 Å². The van der Waals surface area contributed by atoms with E-state index in [2.05, 4.69) is 26.6 Å². The minimum Gasteiger partial charge on any atom is -0.352 e. The molecule has 0 aliphatic rings. The number of hydrogen-bond acceptors (Lipinski definition) is 5. The number of nitriles is 1. The van der Waals surface area contributed by atoms with Gasteiger partial charge in [0.1, 0.15) is 11.9 Å². The molecule has 0 spiro atoms. The Bertz CT molecular complexity index is 1140. The third kappa shape index (κ3) is 3.83. The molecule has 8 heteroatoms.